The number of hydrogen-bond donors (Lipinski definition) is 2. The Morgan fingerprint density at radius 2 is 1.70 bits per heavy atom. The maximum absolute atomic E-state index is 11.8. The Hall–Kier alpha value is -2.87. The van der Waals surface area contributed by atoms with Crippen molar-refractivity contribution >= 4 is 27.4 Å². The summed E-state index contributed by atoms with van der Waals surface area (Å²) in [4.78, 5) is 18.2. The topological polar surface area (TPSA) is 90.9 Å². The predicted octanol–water partition coefficient (Wildman–Crippen LogP) is 2.12. The number of nitrogens with zero attached hydrogens (tertiary/aromatic N) is 2. The van der Waals surface area contributed by atoms with Crippen LogP contribution in [0.5, 0.6) is 0 Å². The van der Waals surface area contributed by atoms with Crippen molar-refractivity contribution in [3.63, 3.8) is 0 Å². The first-order valence-electron chi connectivity index (χ1n) is 9.99. The van der Waals surface area contributed by atoms with Crippen molar-refractivity contribution in [1.82, 2.24) is 10.6 Å². The van der Waals surface area contributed by atoms with Gasteiger partial charge in [0.25, 0.3) is 0 Å². The zero-order valence-corrected chi connectivity index (χ0v) is 18.2. The van der Waals surface area contributed by atoms with Crippen LogP contribution in [0.15, 0.2) is 58.4 Å². The molecule has 0 aromatic heterocycles. The first-order valence-corrected chi connectivity index (χ1v) is 11.9. The predicted molar refractivity (Wildman–Crippen MR) is 119 cm³/mol. The van der Waals surface area contributed by atoms with E-state index in [9.17, 15) is 13.2 Å². The highest BCUT2D eigenvalue weighted by Crippen LogP contribution is 2.21. The van der Waals surface area contributed by atoms with Gasteiger partial charge in [-0.1, -0.05) is 24.3 Å². The molecule has 1 aliphatic rings. The van der Waals surface area contributed by atoms with Crippen LogP contribution in [-0.4, -0.2) is 46.7 Å². The summed E-state index contributed by atoms with van der Waals surface area (Å²) in [5.41, 5.74) is 3.10. The molecule has 2 aromatic carbocycles. The lowest BCUT2D eigenvalue weighted by Gasteiger charge is -2.16. The second-order valence-corrected chi connectivity index (χ2v) is 9.35. The standard InChI is InChI=1S/C22H28N4O3S/c1-23-22(24-14-13-17-7-11-20(12-8-17)30(2,28)29)25-16-18-5-9-19(10-6-18)26-15-3-4-21(26)27/h5-12H,3-4,13-16H2,1-2H3,(H2,23,24,25). The summed E-state index contributed by atoms with van der Waals surface area (Å²) in [5.74, 6) is 0.887. The molecule has 8 heteroatoms. The Morgan fingerprint density at radius 3 is 2.27 bits per heavy atom. The van der Waals surface area contributed by atoms with Gasteiger partial charge in [0.05, 0.1) is 4.90 Å². The van der Waals surface area contributed by atoms with Gasteiger partial charge in [0.15, 0.2) is 15.8 Å². The third-order valence-corrected chi connectivity index (χ3v) is 6.19. The molecule has 7 nitrogen and oxygen atoms in total. The van der Waals surface area contributed by atoms with Gasteiger partial charge in [-0.15, -0.1) is 0 Å². The molecular formula is C22H28N4O3S. The van der Waals surface area contributed by atoms with Crippen molar-refractivity contribution in [3.8, 4) is 0 Å². The molecule has 1 amide bonds. The van der Waals surface area contributed by atoms with Gasteiger partial charge in [-0.2, -0.15) is 0 Å². The number of benzene rings is 2. The monoisotopic (exact) mass is 428 g/mol. The first-order chi connectivity index (χ1) is 14.4. The van der Waals surface area contributed by atoms with Gasteiger partial charge in [-0.3, -0.25) is 9.79 Å². The summed E-state index contributed by atoms with van der Waals surface area (Å²) >= 11 is 0. The van der Waals surface area contributed by atoms with Gasteiger partial charge in [-0.25, -0.2) is 8.42 Å². The quantitative estimate of drug-likeness (QED) is 0.521. The summed E-state index contributed by atoms with van der Waals surface area (Å²) in [7, 11) is -1.45. The zero-order valence-electron chi connectivity index (χ0n) is 17.4. The average Bonchev–Trinajstić information content (AvgIpc) is 3.16. The molecule has 1 fully saturated rings. The molecule has 0 atom stereocenters. The maximum Gasteiger partial charge on any atom is 0.227 e. The van der Waals surface area contributed by atoms with Crippen molar-refractivity contribution in [3.05, 3.63) is 59.7 Å². The molecular weight excluding hydrogens is 400 g/mol. The molecule has 1 heterocycles. The number of anilines is 1. The fourth-order valence-electron chi connectivity index (χ4n) is 3.35. The van der Waals surface area contributed by atoms with Gasteiger partial charge in [0.1, 0.15) is 0 Å². The van der Waals surface area contributed by atoms with E-state index in [0.717, 1.165) is 36.2 Å². The number of aliphatic imine (C=N–C) groups is 1. The minimum atomic E-state index is -3.17. The average molecular weight is 429 g/mol. The molecule has 1 saturated heterocycles. The molecule has 160 valence electrons. The lowest BCUT2D eigenvalue weighted by Crippen LogP contribution is -2.37. The van der Waals surface area contributed by atoms with Crippen LogP contribution >= 0.6 is 0 Å². The molecule has 2 aromatic rings. The van der Waals surface area contributed by atoms with Crippen LogP contribution in [0.3, 0.4) is 0 Å². The molecule has 1 aliphatic heterocycles. The number of nitrogens with one attached hydrogen (secondary N) is 2. The highest BCUT2D eigenvalue weighted by atomic mass is 32.2. The second kappa shape index (κ2) is 9.75. The van der Waals surface area contributed by atoms with Crippen molar-refractivity contribution in [2.24, 2.45) is 4.99 Å². The van der Waals surface area contributed by atoms with Crippen molar-refractivity contribution < 1.29 is 13.2 Å². The molecule has 0 spiro atoms. The fourth-order valence-corrected chi connectivity index (χ4v) is 3.98. The van der Waals surface area contributed by atoms with Gasteiger partial charge in [0.2, 0.25) is 5.91 Å². The van der Waals surface area contributed by atoms with E-state index in [4.69, 9.17) is 0 Å². The number of amides is 1. The molecule has 30 heavy (non-hydrogen) atoms. The van der Waals surface area contributed by atoms with Gasteiger partial charge in [0, 0.05) is 45.0 Å². The molecule has 0 unspecified atom stereocenters. The Morgan fingerprint density at radius 1 is 1.03 bits per heavy atom. The third kappa shape index (κ3) is 5.82. The number of carbonyl (C=O) groups excluding carboxylic acids is 1. The maximum atomic E-state index is 11.8. The summed E-state index contributed by atoms with van der Waals surface area (Å²) in [6.07, 6.45) is 3.52. The highest BCUT2D eigenvalue weighted by molar-refractivity contribution is 7.90. The zero-order chi connectivity index (χ0) is 21.6. The Bertz CT molecular complexity index is 1000. The Kier molecular flexibility index (Phi) is 7.10. The smallest absolute Gasteiger partial charge is 0.227 e. The normalized spacial score (nSPS) is 14.8. The van der Waals surface area contributed by atoms with Crippen LogP contribution in [0.1, 0.15) is 24.0 Å². The van der Waals surface area contributed by atoms with Gasteiger partial charge < -0.3 is 15.5 Å². The number of hydrogen-bond acceptors (Lipinski definition) is 4. The molecule has 0 saturated carbocycles. The van der Waals surface area contributed by atoms with Gasteiger partial charge in [-0.05, 0) is 48.2 Å². The summed E-state index contributed by atoms with van der Waals surface area (Å²) in [6, 6.07) is 14.9. The van der Waals surface area contributed by atoms with E-state index in [-0.39, 0.29) is 5.91 Å². The number of sulfone groups is 1. The molecule has 3 rings (SSSR count). The number of rotatable bonds is 7. The van der Waals surface area contributed by atoms with Crippen molar-refractivity contribution in [1.29, 1.82) is 0 Å². The minimum absolute atomic E-state index is 0.191. The second-order valence-electron chi connectivity index (χ2n) is 7.33. The van der Waals surface area contributed by atoms with Crippen LogP contribution in [0.25, 0.3) is 0 Å². The van der Waals surface area contributed by atoms with Crippen LogP contribution in [0, 0.1) is 0 Å². The van der Waals surface area contributed by atoms with Gasteiger partial charge >= 0.3 is 0 Å². The lowest BCUT2D eigenvalue weighted by atomic mass is 10.1. The number of guanidine groups is 1. The van der Waals surface area contributed by atoms with Crippen molar-refractivity contribution in [2.45, 2.75) is 30.7 Å². The molecule has 2 N–H and O–H groups in total. The highest BCUT2D eigenvalue weighted by Gasteiger charge is 2.21. The molecule has 0 radical (unpaired) electrons. The minimum Gasteiger partial charge on any atom is -0.356 e. The largest absolute Gasteiger partial charge is 0.356 e. The van der Waals surface area contributed by atoms with Crippen LogP contribution in [0.2, 0.25) is 0 Å². The summed E-state index contributed by atoms with van der Waals surface area (Å²) < 4.78 is 23.0. The molecule has 0 bridgehead atoms. The van der Waals surface area contributed by atoms with E-state index in [1.54, 1.807) is 19.2 Å². The van der Waals surface area contributed by atoms with E-state index in [0.29, 0.717) is 30.4 Å². The Labute approximate surface area is 178 Å². The molecule has 0 aliphatic carbocycles. The summed E-state index contributed by atoms with van der Waals surface area (Å²) in [5, 5.41) is 6.54. The number of carbonyl (C=O) groups is 1. The SMILES string of the molecule is CN=C(NCCc1ccc(S(C)(=O)=O)cc1)NCc1ccc(N2CCCC2=O)cc1. The van der Waals surface area contributed by atoms with E-state index < -0.39 is 9.84 Å². The van der Waals surface area contributed by atoms with E-state index >= 15 is 0 Å². The fraction of sp³-hybridized carbons (Fsp3) is 0.364. The van der Waals surface area contributed by atoms with E-state index in [1.807, 2.05) is 41.3 Å². The first kappa shape index (κ1) is 21.8. The van der Waals surface area contributed by atoms with E-state index in [1.165, 1.54) is 6.26 Å². The lowest BCUT2D eigenvalue weighted by molar-refractivity contribution is -0.117. The Balaban J connectivity index is 1.45. The van der Waals surface area contributed by atoms with Crippen LogP contribution in [0.4, 0.5) is 5.69 Å². The third-order valence-electron chi connectivity index (χ3n) is 5.06. The van der Waals surface area contributed by atoms with E-state index in [2.05, 4.69) is 15.6 Å². The van der Waals surface area contributed by atoms with Crippen LogP contribution in [-0.2, 0) is 27.6 Å². The summed E-state index contributed by atoms with van der Waals surface area (Å²) in [6.45, 7) is 2.09. The van der Waals surface area contributed by atoms with Crippen LogP contribution < -0.4 is 15.5 Å². The van der Waals surface area contributed by atoms with Crippen molar-refractivity contribution in [2.75, 3.05) is 31.3 Å².